The number of thiazole rings is 1. The van der Waals surface area contributed by atoms with Gasteiger partial charge in [-0.15, -0.1) is 11.3 Å². The zero-order valence-electron chi connectivity index (χ0n) is 12.2. The van der Waals surface area contributed by atoms with Gasteiger partial charge in [-0.2, -0.15) is 0 Å². The summed E-state index contributed by atoms with van der Waals surface area (Å²) < 4.78 is 5.28. The number of aryl methyl sites for hydroxylation is 1. The SMILES string of the molecule is Cc1nc(C(=O)OCC2CC(=O)N(c3ccccc3)C2)cs1. The van der Waals surface area contributed by atoms with Crippen LogP contribution < -0.4 is 4.90 Å². The van der Waals surface area contributed by atoms with Crippen LogP contribution in [-0.4, -0.2) is 30.0 Å². The third-order valence-corrected chi connectivity index (χ3v) is 4.32. The van der Waals surface area contributed by atoms with Crippen LogP contribution in [0.3, 0.4) is 0 Å². The molecule has 0 bridgehead atoms. The third kappa shape index (κ3) is 3.17. The maximum atomic E-state index is 12.1. The van der Waals surface area contributed by atoms with E-state index in [-0.39, 0.29) is 18.4 Å². The fraction of sp³-hybridized carbons (Fsp3) is 0.312. The Labute approximate surface area is 132 Å². The molecule has 0 spiro atoms. The lowest BCUT2D eigenvalue weighted by atomic mass is 10.1. The van der Waals surface area contributed by atoms with Crippen LogP contribution in [0.15, 0.2) is 35.7 Å². The zero-order valence-corrected chi connectivity index (χ0v) is 13.0. The minimum Gasteiger partial charge on any atom is -0.461 e. The standard InChI is InChI=1S/C16H16N2O3S/c1-11-17-14(10-22-11)16(20)21-9-12-7-15(19)18(8-12)13-5-3-2-4-6-13/h2-6,10,12H,7-9H2,1H3. The lowest BCUT2D eigenvalue weighted by molar-refractivity contribution is -0.117. The van der Waals surface area contributed by atoms with E-state index in [9.17, 15) is 9.59 Å². The Bertz CT molecular complexity index is 684. The molecule has 2 aromatic rings. The molecule has 1 aliphatic heterocycles. The van der Waals surface area contributed by atoms with Gasteiger partial charge in [0.15, 0.2) is 5.69 Å². The van der Waals surface area contributed by atoms with E-state index in [0.29, 0.717) is 18.7 Å². The second kappa shape index (κ2) is 6.27. The molecule has 5 nitrogen and oxygen atoms in total. The van der Waals surface area contributed by atoms with Gasteiger partial charge in [-0.05, 0) is 19.1 Å². The Kier molecular flexibility index (Phi) is 4.20. The minimum absolute atomic E-state index is 0.0244. The first-order valence-electron chi connectivity index (χ1n) is 7.08. The van der Waals surface area contributed by atoms with Crippen molar-refractivity contribution in [3.05, 3.63) is 46.4 Å². The smallest absolute Gasteiger partial charge is 0.357 e. The summed E-state index contributed by atoms with van der Waals surface area (Å²) in [4.78, 5) is 29.8. The van der Waals surface area contributed by atoms with Gasteiger partial charge in [-0.25, -0.2) is 9.78 Å². The van der Waals surface area contributed by atoms with E-state index in [1.165, 1.54) is 11.3 Å². The number of hydrogen-bond donors (Lipinski definition) is 0. The first-order valence-corrected chi connectivity index (χ1v) is 7.96. The van der Waals surface area contributed by atoms with E-state index in [2.05, 4.69) is 4.98 Å². The van der Waals surface area contributed by atoms with Crippen LogP contribution in [0.4, 0.5) is 5.69 Å². The van der Waals surface area contributed by atoms with Gasteiger partial charge in [0.05, 0.1) is 11.6 Å². The van der Waals surface area contributed by atoms with E-state index in [1.807, 2.05) is 37.3 Å². The molecule has 2 heterocycles. The van der Waals surface area contributed by atoms with Gasteiger partial charge in [0.25, 0.3) is 0 Å². The number of amides is 1. The van der Waals surface area contributed by atoms with Crippen molar-refractivity contribution in [2.75, 3.05) is 18.1 Å². The van der Waals surface area contributed by atoms with Crippen LogP contribution in [0.1, 0.15) is 21.9 Å². The average Bonchev–Trinajstić information content (AvgIpc) is 3.12. The quantitative estimate of drug-likeness (QED) is 0.814. The molecule has 1 amide bonds. The van der Waals surface area contributed by atoms with Gasteiger partial charge in [0, 0.05) is 30.0 Å². The van der Waals surface area contributed by atoms with E-state index in [4.69, 9.17) is 4.74 Å². The van der Waals surface area contributed by atoms with Gasteiger partial charge in [0.2, 0.25) is 5.91 Å². The predicted molar refractivity (Wildman–Crippen MR) is 84.0 cm³/mol. The monoisotopic (exact) mass is 316 g/mol. The molecular weight excluding hydrogens is 300 g/mol. The summed E-state index contributed by atoms with van der Waals surface area (Å²) in [6.07, 6.45) is 0.401. The predicted octanol–water partition coefficient (Wildman–Crippen LogP) is 2.66. The number of anilines is 1. The summed E-state index contributed by atoms with van der Waals surface area (Å²) in [5.74, 6) is -0.330. The third-order valence-electron chi connectivity index (χ3n) is 3.55. The normalized spacial score (nSPS) is 17.8. The van der Waals surface area contributed by atoms with Crippen molar-refractivity contribution in [1.29, 1.82) is 0 Å². The summed E-state index contributed by atoms with van der Waals surface area (Å²) in [5.41, 5.74) is 1.23. The number of hydrogen-bond acceptors (Lipinski definition) is 5. The van der Waals surface area contributed by atoms with Crippen molar-refractivity contribution >= 4 is 28.9 Å². The van der Waals surface area contributed by atoms with Crippen molar-refractivity contribution in [3.63, 3.8) is 0 Å². The number of esters is 1. The highest BCUT2D eigenvalue weighted by molar-refractivity contribution is 7.09. The van der Waals surface area contributed by atoms with Crippen LogP contribution in [0.2, 0.25) is 0 Å². The molecule has 1 unspecified atom stereocenters. The highest BCUT2D eigenvalue weighted by Gasteiger charge is 2.31. The summed E-state index contributed by atoms with van der Waals surface area (Å²) >= 11 is 1.41. The number of para-hydroxylation sites is 1. The fourth-order valence-corrected chi connectivity index (χ4v) is 3.06. The van der Waals surface area contributed by atoms with Gasteiger partial charge < -0.3 is 9.64 Å². The van der Waals surface area contributed by atoms with Crippen LogP contribution in [-0.2, 0) is 9.53 Å². The number of ether oxygens (including phenoxy) is 1. The Morgan fingerprint density at radius 2 is 2.18 bits per heavy atom. The number of carbonyl (C=O) groups is 2. The fourth-order valence-electron chi connectivity index (χ4n) is 2.48. The number of nitrogens with zero attached hydrogens (tertiary/aromatic N) is 2. The van der Waals surface area contributed by atoms with Crippen molar-refractivity contribution < 1.29 is 14.3 Å². The number of rotatable bonds is 4. The molecule has 0 saturated carbocycles. The lowest BCUT2D eigenvalue weighted by Crippen LogP contribution is -2.25. The summed E-state index contributed by atoms with van der Waals surface area (Å²) in [6, 6.07) is 9.54. The first-order chi connectivity index (χ1) is 10.6. The molecule has 0 radical (unpaired) electrons. The average molecular weight is 316 g/mol. The van der Waals surface area contributed by atoms with Gasteiger partial charge >= 0.3 is 5.97 Å². The van der Waals surface area contributed by atoms with E-state index >= 15 is 0 Å². The van der Waals surface area contributed by atoms with Crippen LogP contribution in [0.5, 0.6) is 0 Å². The topological polar surface area (TPSA) is 59.5 Å². The summed E-state index contributed by atoms with van der Waals surface area (Å²) in [7, 11) is 0. The van der Waals surface area contributed by atoms with Gasteiger partial charge in [-0.3, -0.25) is 4.79 Å². The highest BCUT2D eigenvalue weighted by atomic mass is 32.1. The molecule has 0 aliphatic carbocycles. The second-order valence-electron chi connectivity index (χ2n) is 5.26. The molecule has 6 heteroatoms. The zero-order chi connectivity index (χ0) is 15.5. The van der Waals surface area contributed by atoms with Gasteiger partial charge in [-0.1, -0.05) is 18.2 Å². The van der Waals surface area contributed by atoms with Crippen molar-refractivity contribution in [2.24, 2.45) is 5.92 Å². The second-order valence-corrected chi connectivity index (χ2v) is 6.32. The Morgan fingerprint density at radius 1 is 1.41 bits per heavy atom. The lowest BCUT2D eigenvalue weighted by Gasteiger charge is -2.16. The van der Waals surface area contributed by atoms with E-state index in [0.717, 1.165) is 10.7 Å². The largest absolute Gasteiger partial charge is 0.461 e. The molecule has 114 valence electrons. The maximum Gasteiger partial charge on any atom is 0.357 e. The molecule has 1 aromatic heterocycles. The summed E-state index contributed by atoms with van der Waals surface area (Å²) in [6.45, 7) is 2.66. The molecule has 1 saturated heterocycles. The number of carbonyl (C=O) groups excluding carboxylic acids is 2. The molecule has 22 heavy (non-hydrogen) atoms. The summed E-state index contributed by atoms with van der Waals surface area (Å²) in [5, 5.41) is 2.52. The highest BCUT2D eigenvalue weighted by Crippen LogP contribution is 2.25. The number of aromatic nitrogens is 1. The maximum absolute atomic E-state index is 12.1. The Hall–Kier alpha value is -2.21. The number of benzene rings is 1. The molecule has 1 aromatic carbocycles. The first kappa shape index (κ1) is 14.7. The molecule has 0 N–H and O–H groups in total. The Balaban J connectivity index is 1.56. The van der Waals surface area contributed by atoms with Crippen molar-refractivity contribution in [1.82, 2.24) is 4.98 Å². The van der Waals surface area contributed by atoms with Crippen LogP contribution in [0, 0.1) is 12.8 Å². The minimum atomic E-state index is -0.421. The molecule has 1 fully saturated rings. The Morgan fingerprint density at radius 3 is 2.86 bits per heavy atom. The van der Waals surface area contributed by atoms with Gasteiger partial charge in [0.1, 0.15) is 0 Å². The van der Waals surface area contributed by atoms with E-state index < -0.39 is 5.97 Å². The molecule has 1 atom stereocenters. The van der Waals surface area contributed by atoms with Crippen molar-refractivity contribution in [2.45, 2.75) is 13.3 Å². The molecule has 1 aliphatic rings. The molecular formula is C16H16N2O3S. The van der Waals surface area contributed by atoms with E-state index in [1.54, 1.807) is 10.3 Å². The van der Waals surface area contributed by atoms with Crippen molar-refractivity contribution in [3.8, 4) is 0 Å². The van der Waals surface area contributed by atoms with Crippen LogP contribution >= 0.6 is 11.3 Å². The molecule has 3 rings (SSSR count). The van der Waals surface area contributed by atoms with Crippen LogP contribution in [0.25, 0.3) is 0 Å².